The van der Waals surface area contributed by atoms with Gasteiger partial charge in [0.25, 0.3) is 8.32 Å². The molecule has 0 radical (unpaired) electrons. The lowest BCUT2D eigenvalue weighted by molar-refractivity contribution is -0.155. The summed E-state index contributed by atoms with van der Waals surface area (Å²) in [6, 6.07) is 20.4. The smallest absolute Gasteiger partial charge is 0.306 e. The lowest BCUT2D eigenvalue weighted by Crippen LogP contribution is -2.65. The molecule has 5 nitrogen and oxygen atoms in total. The summed E-state index contributed by atoms with van der Waals surface area (Å²) in [5.41, 5.74) is 0.368. The van der Waals surface area contributed by atoms with E-state index >= 15 is 0 Å². The summed E-state index contributed by atoms with van der Waals surface area (Å²) in [7, 11) is -3.06. The van der Waals surface area contributed by atoms with E-state index in [1.54, 1.807) is 0 Å². The number of carbonyl (C=O) groups excluding carboxylic acids is 1. The monoisotopic (exact) mass is 729 g/mol. The second-order valence-corrected chi connectivity index (χ2v) is 20.0. The van der Waals surface area contributed by atoms with Crippen molar-refractivity contribution in [2.24, 2.45) is 11.8 Å². The Morgan fingerprint density at radius 2 is 1.57 bits per heavy atom. The molecule has 1 N–H and O–H groups in total. The van der Waals surface area contributed by atoms with E-state index in [1.807, 2.05) is 57.2 Å². The molecule has 0 amide bonds. The van der Waals surface area contributed by atoms with Crippen molar-refractivity contribution >= 4 is 47.3 Å². The molecule has 1 aliphatic carbocycles. The maximum Gasteiger partial charge on any atom is 0.306 e. The lowest BCUT2D eigenvalue weighted by Gasteiger charge is -2.41. The first-order valence-corrected chi connectivity index (χ1v) is 19.4. The fourth-order valence-corrected chi connectivity index (χ4v) is 11.8. The van der Waals surface area contributed by atoms with Crippen molar-refractivity contribution in [3.05, 3.63) is 75.7 Å². The number of unbranched alkanes of at least 4 members (excludes halogenated alkanes) is 1. The zero-order valence-corrected chi connectivity index (χ0v) is 30.9. The molecule has 3 aromatic rings. The number of hydrogen-bond donors (Lipinski definition) is 1. The van der Waals surface area contributed by atoms with Crippen LogP contribution in [0.25, 0.3) is 0 Å². The maximum absolute atomic E-state index is 13.0. The molecule has 1 heterocycles. The van der Waals surface area contributed by atoms with Crippen LogP contribution in [0.5, 0.6) is 0 Å². The third-order valence-electron chi connectivity index (χ3n) is 9.28. The van der Waals surface area contributed by atoms with Gasteiger partial charge < -0.3 is 14.1 Å². The average molecular weight is 730 g/mol. The topological polar surface area (TPSA) is 72.6 Å². The Bertz CT molecular complexity index is 1300. The normalized spacial score (nSPS) is 18.2. The second kappa shape index (κ2) is 14.6. The highest BCUT2D eigenvalue weighted by atomic mass is 127. The van der Waals surface area contributed by atoms with Crippen LogP contribution in [0.3, 0.4) is 0 Å². The number of nitrogens with zero attached hydrogens (tertiary/aromatic N) is 1. The Morgan fingerprint density at radius 3 is 2.09 bits per heavy atom. The quantitative estimate of drug-likeness (QED) is 0.0778. The molecule has 1 aliphatic rings. The van der Waals surface area contributed by atoms with Gasteiger partial charge in [-0.2, -0.15) is 0 Å². The Labute approximate surface area is 279 Å². The van der Waals surface area contributed by atoms with Crippen LogP contribution in [-0.4, -0.2) is 29.8 Å². The van der Waals surface area contributed by atoms with Gasteiger partial charge in [0.05, 0.1) is 9.99 Å². The van der Waals surface area contributed by atoms with Crippen molar-refractivity contribution in [2.75, 3.05) is 0 Å². The maximum atomic E-state index is 13.0. The average Bonchev–Trinajstić information content (AvgIpc) is 3.31. The zero-order chi connectivity index (χ0) is 32.1. The molecule has 0 aliphatic heterocycles. The van der Waals surface area contributed by atoms with Crippen LogP contribution in [0.2, 0.25) is 5.04 Å². The second-order valence-electron chi connectivity index (χ2n) is 15.0. The van der Waals surface area contributed by atoms with Crippen molar-refractivity contribution in [2.45, 2.75) is 122 Å². The summed E-state index contributed by atoms with van der Waals surface area (Å²) in [6.07, 6.45) is 7.41. The van der Waals surface area contributed by atoms with Gasteiger partial charge in [-0.15, -0.1) is 0 Å². The van der Waals surface area contributed by atoms with Crippen LogP contribution in [0.15, 0.2) is 65.2 Å². The van der Waals surface area contributed by atoms with Crippen LogP contribution in [0, 0.1) is 15.4 Å². The molecule has 1 atom stereocenters. The molecule has 2 aromatic carbocycles. The number of ether oxygens (including phenoxy) is 1. The Balaban J connectivity index is 1.48. The van der Waals surface area contributed by atoms with Gasteiger partial charge in [-0.05, 0) is 103 Å². The number of carbonyl (C=O) groups is 1. The molecular formula is C37H52INO4Si. The molecule has 0 bridgehead atoms. The summed E-state index contributed by atoms with van der Waals surface area (Å²) in [6.45, 7) is 14.7. The number of halogens is 1. The Hall–Kier alpha value is -1.97. The highest BCUT2D eigenvalue weighted by Gasteiger charge is 2.49. The van der Waals surface area contributed by atoms with E-state index < -0.39 is 13.9 Å². The molecule has 1 fully saturated rings. The number of hydrogen-bond acceptors (Lipinski definition) is 5. The van der Waals surface area contributed by atoms with E-state index in [-0.39, 0.29) is 23.3 Å². The van der Waals surface area contributed by atoms with Crippen molar-refractivity contribution in [3.8, 4) is 0 Å². The third kappa shape index (κ3) is 8.43. The molecule has 240 valence electrons. The van der Waals surface area contributed by atoms with Crippen molar-refractivity contribution < 1.29 is 18.9 Å². The molecule has 1 saturated carbocycles. The highest BCUT2D eigenvalue weighted by molar-refractivity contribution is 14.1. The Kier molecular flexibility index (Phi) is 11.6. The van der Waals surface area contributed by atoms with E-state index in [2.05, 4.69) is 79.7 Å². The molecule has 44 heavy (non-hydrogen) atoms. The van der Waals surface area contributed by atoms with Gasteiger partial charge in [0.2, 0.25) is 0 Å². The van der Waals surface area contributed by atoms with Gasteiger partial charge in [0.15, 0.2) is 5.76 Å². The molecular weight excluding hydrogens is 677 g/mol. The predicted molar refractivity (Wildman–Crippen MR) is 190 cm³/mol. The first-order chi connectivity index (χ1) is 20.7. The largest absolute Gasteiger partial charge is 0.460 e. The number of esters is 1. The van der Waals surface area contributed by atoms with Crippen LogP contribution in [0.4, 0.5) is 0 Å². The lowest BCUT2D eigenvalue weighted by atomic mass is 9.70. The summed E-state index contributed by atoms with van der Waals surface area (Å²) in [4.78, 5) is 25.6. The van der Waals surface area contributed by atoms with E-state index in [0.29, 0.717) is 11.8 Å². The summed E-state index contributed by atoms with van der Waals surface area (Å²) < 4.78 is 12.8. The van der Waals surface area contributed by atoms with Crippen LogP contribution < -0.4 is 10.4 Å². The van der Waals surface area contributed by atoms with Gasteiger partial charge in [-0.1, -0.05) is 106 Å². The van der Waals surface area contributed by atoms with Gasteiger partial charge >= 0.3 is 5.97 Å². The molecule has 4 rings (SSSR count). The SMILES string of the molecule is CC(C)C[C@H]1C[C@@H](c2onc([C@@H](CCCCC(C)(C)[Si](O)(c3ccccc3)c3ccccc3)CC(=O)OC(C)(C)C)c2I)C1. The van der Waals surface area contributed by atoms with Gasteiger partial charge in [-0.25, -0.2) is 0 Å². The number of aromatic nitrogens is 1. The van der Waals surface area contributed by atoms with E-state index in [1.165, 1.54) is 6.42 Å². The van der Waals surface area contributed by atoms with Crippen molar-refractivity contribution in [1.82, 2.24) is 5.16 Å². The minimum absolute atomic E-state index is 0.0664. The number of benzene rings is 2. The number of rotatable bonds is 14. The fraction of sp³-hybridized carbons (Fsp3) is 0.568. The van der Waals surface area contributed by atoms with Crippen molar-refractivity contribution in [3.63, 3.8) is 0 Å². The Morgan fingerprint density at radius 1 is 1.00 bits per heavy atom. The van der Waals surface area contributed by atoms with Gasteiger partial charge in [0, 0.05) is 11.8 Å². The van der Waals surface area contributed by atoms with Crippen LogP contribution in [0.1, 0.15) is 123 Å². The minimum Gasteiger partial charge on any atom is -0.460 e. The van der Waals surface area contributed by atoms with Crippen molar-refractivity contribution in [1.29, 1.82) is 0 Å². The summed E-state index contributed by atoms with van der Waals surface area (Å²) in [5.74, 6) is 2.64. The summed E-state index contributed by atoms with van der Waals surface area (Å²) >= 11 is 2.39. The van der Waals surface area contributed by atoms with Gasteiger partial charge in [0.1, 0.15) is 11.3 Å². The molecule has 1 aromatic heterocycles. The minimum atomic E-state index is -3.06. The zero-order valence-electron chi connectivity index (χ0n) is 27.7. The fourth-order valence-electron chi connectivity index (χ4n) is 6.99. The first-order valence-electron chi connectivity index (χ1n) is 16.4. The van der Waals surface area contributed by atoms with E-state index in [9.17, 15) is 9.59 Å². The third-order valence-corrected chi connectivity index (χ3v) is 14.9. The van der Waals surface area contributed by atoms with Gasteiger partial charge in [-0.3, -0.25) is 4.79 Å². The van der Waals surface area contributed by atoms with E-state index in [4.69, 9.17) is 9.26 Å². The van der Waals surface area contributed by atoms with Crippen LogP contribution in [-0.2, 0) is 9.53 Å². The first kappa shape index (κ1) is 34.9. The van der Waals surface area contributed by atoms with Crippen LogP contribution >= 0.6 is 22.6 Å². The molecule has 0 unspecified atom stereocenters. The molecule has 0 spiro atoms. The standard InChI is InChI=1S/C37H52INO4Si/c1-26(2)22-27-23-29(24-27)35-33(38)34(39-43-35)28(25-32(40)42-36(3,4)5)16-14-15-21-37(6,7)44(41,30-17-10-8-11-18-30)31-19-12-9-13-20-31/h8-13,17-20,26-29,41H,14-16,21-25H2,1-7H3/t27-,28-,29+/m0/s1. The molecule has 0 saturated heterocycles. The summed E-state index contributed by atoms with van der Waals surface area (Å²) in [5, 5.41) is 6.35. The predicted octanol–water partition coefficient (Wildman–Crippen LogP) is 8.73. The van der Waals surface area contributed by atoms with E-state index in [0.717, 1.165) is 69.8 Å². The highest BCUT2D eigenvalue weighted by Crippen LogP contribution is 2.47. The molecule has 7 heteroatoms.